The van der Waals surface area contributed by atoms with Gasteiger partial charge < -0.3 is 4.74 Å². The van der Waals surface area contributed by atoms with Crippen molar-refractivity contribution in [1.82, 2.24) is 4.72 Å². The first-order chi connectivity index (χ1) is 11.3. The fraction of sp³-hybridized carbons (Fsp3) is 0.278. The Morgan fingerprint density at radius 2 is 1.58 bits per heavy atom. The van der Waals surface area contributed by atoms with Crippen molar-refractivity contribution in [3.63, 3.8) is 0 Å². The highest BCUT2D eigenvalue weighted by molar-refractivity contribution is 7.89. The lowest BCUT2D eigenvalue weighted by molar-refractivity contribution is -0.142. The Hall–Kier alpha value is -2.18. The van der Waals surface area contributed by atoms with E-state index < -0.39 is 22.0 Å². The zero-order valence-corrected chi connectivity index (χ0v) is 15.0. The quantitative estimate of drug-likeness (QED) is 0.844. The predicted molar refractivity (Wildman–Crippen MR) is 92.2 cm³/mol. The summed E-state index contributed by atoms with van der Waals surface area (Å²) in [5.41, 5.74) is 2.78. The summed E-state index contributed by atoms with van der Waals surface area (Å²) in [5, 5.41) is 0. The summed E-state index contributed by atoms with van der Waals surface area (Å²) in [6.07, 6.45) is 0. The minimum atomic E-state index is -3.89. The van der Waals surface area contributed by atoms with Crippen molar-refractivity contribution in [2.45, 2.75) is 31.7 Å². The molecule has 128 valence electrons. The molecule has 0 bridgehead atoms. The van der Waals surface area contributed by atoms with Crippen LogP contribution in [-0.2, 0) is 19.6 Å². The van der Waals surface area contributed by atoms with E-state index in [4.69, 9.17) is 4.74 Å². The van der Waals surface area contributed by atoms with Crippen molar-refractivity contribution in [2.24, 2.45) is 0 Å². The van der Waals surface area contributed by atoms with Crippen LogP contribution in [0, 0.1) is 20.8 Å². The lowest BCUT2D eigenvalue weighted by Crippen LogP contribution is -2.35. The van der Waals surface area contributed by atoms with Crippen molar-refractivity contribution in [2.75, 3.05) is 7.11 Å². The number of hydrogen-bond acceptors (Lipinski definition) is 4. The normalized spacial score (nSPS) is 12.7. The number of ether oxygens (including phenoxy) is 1. The molecule has 1 unspecified atom stereocenters. The third-order valence-electron chi connectivity index (χ3n) is 3.72. The molecule has 0 aromatic heterocycles. The Labute approximate surface area is 142 Å². The number of aryl methyl sites for hydroxylation is 3. The van der Waals surface area contributed by atoms with E-state index in [0.717, 1.165) is 5.56 Å². The standard InChI is InChI=1S/C18H21NO4S/c1-12-10-13(2)17(14(3)11-12)24(21,22)19-16(18(20)23-4)15-8-6-5-7-9-15/h5-11,16,19H,1-4H3. The second-order valence-corrected chi connectivity index (χ2v) is 7.37. The maximum Gasteiger partial charge on any atom is 0.328 e. The maximum atomic E-state index is 12.9. The third-order valence-corrected chi connectivity index (χ3v) is 5.44. The highest BCUT2D eigenvalue weighted by atomic mass is 32.2. The minimum Gasteiger partial charge on any atom is -0.468 e. The van der Waals surface area contributed by atoms with E-state index in [9.17, 15) is 13.2 Å². The predicted octanol–water partition coefficient (Wildman–Crippen LogP) is 2.80. The van der Waals surface area contributed by atoms with Crippen molar-refractivity contribution in [3.05, 3.63) is 64.7 Å². The third kappa shape index (κ3) is 3.83. The summed E-state index contributed by atoms with van der Waals surface area (Å²) in [6, 6.07) is 11.1. The molecule has 0 saturated carbocycles. The van der Waals surface area contributed by atoms with Crippen LogP contribution in [0.3, 0.4) is 0 Å². The number of nitrogens with one attached hydrogen (secondary N) is 1. The fourth-order valence-corrected chi connectivity index (χ4v) is 4.45. The van der Waals surface area contributed by atoms with Gasteiger partial charge in [0.05, 0.1) is 12.0 Å². The molecular formula is C18H21NO4S. The Kier molecular flexibility index (Phi) is 5.41. The Morgan fingerprint density at radius 3 is 2.08 bits per heavy atom. The zero-order valence-electron chi connectivity index (χ0n) is 14.2. The molecular weight excluding hydrogens is 326 g/mol. The molecule has 24 heavy (non-hydrogen) atoms. The van der Waals surface area contributed by atoms with Crippen molar-refractivity contribution < 1.29 is 17.9 Å². The van der Waals surface area contributed by atoms with Crippen LogP contribution < -0.4 is 4.72 Å². The molecule has 0 radical (unpaired) electrons. The van der Waals surface area contributed by atoms with Crippen molar-refractivity contribution in [3.8, 4) is 0 Å². The first-order valence-electron chi connectivity index (χ1n) is 7.49. The van der Waals surface area contributed by atoms with Crippen LogP contribution in [0.2, 0.25) is 0 Å². The van der Waals surface area contributed by atoms with Gasteiger partial charge in [0, 0.05) is 0 Å². The van der Waals surface area contributed by atoms with Gasteiger partial charge in [-0.1, -0.05) is 48.0 Å². The average molecular weight is 347 g/mol. The molecule has 0 aliphatic carbocycles. The van der Waals surface area contributed by atoms with Crippen LogP contribution in [0.1, 0.15) is 28.3 Å². The number of carbonyl (C=O) groups is 1. The van der Waals surface area contributed by atoms with Crippen LogP contribution in [0.25, 0.3) is 0 Å². The molecule has 0 fully saturated rings. The minimum absolute atomic E-state index is 0.193. The smallest absolute Gasteiger partial charge is 0.328 e. The number of carbonyl (C=O) groups excluding carboxylic acids is 1. The molecule has 1 atom stereocenters. The monoisotopic (exact) mass is 347 g/mol. The molecule has 1 N–H and O–H groups in total. The van der Waals surface area contributed by atoms with E-state index in [1.165, 1.54) is 7.11 Å². The highest BCUT2D eigenvalue weighted by Crippen LogP contribution is 2.24. The summed E-state index contributed by atoms with van der Waals surface area (Å²) >= 11 is 0. The molecule has 0 saturated heterocycles. The molecule has 0 aliphatic heterocycles. The SMILES string of the molecule is COC(=O)C(NS(=O)(=O)c1c(C)cc(C)cc1C)c1ccccc1. The number of rotatable bonds is 5. The number of sulfonamides is 1. The first kappa shape index (κ1) is 18.2. The van der Waals surface area contributed by atoms with Gasteiger partial charge in [-0.3, -0.25) is 0 Å². The van der Waals surface area contributed by atoms with Crippen LogP contribution in [-0.4, -0.2) is 21.5 Å². The number of esters is 1. The number of hydrogen-bond donors (Lipinski definition) is 1. The Bertz CT molecular complexity index is 822. The Morgan fingerprint density at radius 1 is 1.04 bits per heavy atom. The van der Waals surface area contributed by atoms with E-state index in [1.54, 1.807) is 56.3 Å². The van der Waals surface area contributed by atoms with E-state index in [-0.39, 0.29) is 4.90 Å². The van der Waals surface area contributed by atoms with Gasteiger partial charge in [-0.15, -0.1) is 0 Å². The molecule has 2 aromatic carbocycles. The summed E-state index contributed by atoms with van der Waals surface area (Å²) in [6.45, 7) is 5.39. The lowest BCUT2D eigenvalue weighted by Gasteiger charge is -2.19. The molecule has 2 aromatic rings. The molecule has 6 heteroatoms. The zero-order chi connectivity index (χ0) is 17.9. The molecule has 0 aliphatic rings. The van der Waals surface area contributed by atoms with Gasteiger partial charge in [-0.2, -0.15) is 4.72 Å². The highest BCUT2D eigenvalue weighted by Gasteiger charge is 2.29. The van der Waals surface area contributed by atoms with E-state index in [0.29, 0.717) is 16.7 Å². The maximum absolute atomic E-state index is 12.9. The van der Waals surface area contributed by atoms with E-state index >= 15 is 0 Å². The largest absolute Gasteiger partial charge is 0.468 e. The van der Waals surface area contributed by atoms with Crippen LogP contribution >= 0.6 is 0 Å². The van der Waals surface area contributed by atoms with Crippen LogP contribution in [0.5, 0.6) is 0 Å². The summed E-state index contributed by atoms with van der Waals surface area (Å²) < 4.78 is 33.0. The van der Waals surface area contributed by atoms with Crippen LogP contribution in [0.4, 0.5) is 0 Å². The molecule has 0 heterocycles. The molecule has 2 rings (SSSR count). The van der Waals surface area contributed by atoms with Gasteiger partial charge >= 0.3 is 5.97 Å². The first-order valence-corrected chi connectivity index (χ1v) is 8.97. The van der Waals surface area contributed by atoms with Crippen molar-refractivity contribution in [1.29, 1.82) is 0 Å². The fourth-order valence-electron chi connectivity index (χ4n) is 2.82. The summed E-state index contributed by atoms with van der Waals surface area (Å²) in [5.74, 6) is -0.660. The molecule has 5 nitrogen and oxygen atoms in total. The van der Waals surface area contributed by atoms with Gasteiger partial charge in [0.1, 0.15) is 6.04 Å². The summed E-state index contributed by atoms with van der Waals surface area (Å²) in [7, 11) is -2.66. The summed E-state index contributed by atoms with van der Waals surface area (Å²) in [4.78, 5) is 12.3. The molecule has 0 spiro atoms. The van der Waals surface area contributed by atoms with Gasteiger partial charge in [0.25, 0.3) is 0 Å². The molecule has 0 amide bonds. The average Bonchev–Trinajstić information content (AvgIpc) is 2.51. The van der Waals surface area contributed by atoms with Gasteiger partial charge in [0.2, 0.25) is 10.0 Å². The lowest BCUT2D eigenvalue weighted by atomic mass is 10.1. The number of methoxy groups -OCH3 is 1. The second kappa shape index (κ2) is 7.15. The van der Waals surface area contributed by atoms with Gasteiger partial charge in [-0.25, -0.2) is 13.2 Å². The van der Waals surface area contributed by atoms with Gasteiger partial charge in [0.15, 0.2) is 0 Å². The topological polar surface area (TPSA) is 72.5 Å². The van der Waals surface area contributed by atoms with E-state index in [1.807, 2.05) is 6.92 Å². The van der Waals surface area contributed by atoms with Gasteiger partial charge in [-0.05, 0) is 37.5 Å². The van der Waals surface area contributed by atoms with Crippen LogP contribution in [0.15, 0.2) is 47.4 Å². The Balaban J connectivity index is 2.47. The van der Waals surface area contributed by atoms with Crippen molar-refractivity contribution >= 4 is 16.0 Å². The second-order valence-electron chi connectivity index (χ2n) is 5.72. The number of benzene rings is 2. The van der Waals surface area contributed by atoms with E-state index in [2.05, 4.69) is 4.72 Å².